The van der Waals surface area contributed by atoms with Crippen LogP contribution in [0.4, 0.5) is 23.7 Å². The molecule has 1 aromatic carbocycles. The third kappa shape index (κ3) is 4.63. The van der Waals surface area contributed by atoms with Crippen LogP contribution in [0.15, 0.2) is 24.3 Å². The highest BCUT2D eigenvalue weighted by atomic mass is 19.4. The van der Waals surface area contributed by atoms with Crippen molar-refractivity contribution in [2.45, 2.75) is 38.4 Å². The number of anilines is 1. The third-order valence-electron chi connectivity index (χ3n) is 3.59. The molecule has 0 aliphatic rings. The standard InChI is InChI=1S/C14H20F3N3O/c1-3-13(4-2,9-18)20-12(21)19-11-7-5-10(6-8-11)14(15,16)17/h5-8H,3-4,9,18H2,1-2H3,(H2,19,20,21). The number of carbonyl (C=O) groups is 1. The van der Waals surface area contributed by atoms with Crippen molar-refractivity contribution < 1.29 is 18.0 Å². The number of amides is 2. The van der Waals surface area contributed by atoms with E-state index in [9.17, 15) is 18.0 Å². The second-order valence-electron chi connectivity index (χ2n) is 4.85. The van der Waals surface area contributed by atoms with E-state index in [0.29, 0.717) is 25.1 Å². The van der Waals surface area contributed by atoms with E-state index < -0.39 is 23.3 Å². The Labute approximate surface area is 121 Å². The van der Waals surface area contributed by atoms with Crippen molar-refractivity contribution in [1.29, 1.82) is 0 Å². The topological polar surface area (TPSA) is 67.1 Å². The van der Waals surface area contributed by atoms with Gasteiger partial charge in [0.1, 0.15) is 0 Å². The van der Waals surface area contributed by atoms with E-state index in [1.807, 2.05) is 13.8 Å². The number of alkyl halides is 3. The molecule has 0 saturated carbocycles. The monoisotopic (exact) mass is 303 g/mol. The number of nitrogens with one attached hydrogen (secondary N) is 2. The van der Waals surface area contributed by atoms with E-state index in [2.05, 4.69) is 10.6 Å². The number of nitrogens with two attached hydrogens (primary N) is 1. The molecule has 4 N–H and O–H groups in total. The predicted molar refractivity (Wildman–Crippen MR) is 76.0 cm³/mol. The van der Waals surface area contributed by atoms with Crippen molar-refractivity contribution in [3.8, 4) is 0 Å². The van der Waals surface area contributed by atoms with Crippen LogP contribution in [-0.2, 0) is 6.18 Å². The lowest BCUT2D eigenvalue weighted by Crippen LogP contribution is -2.54. The average Bonchev–Trinajstić information content (AvgIpc) is 2.44. The second kappa shape index (κ2) is 6.80. The van der Waals surface area contributed by atoms with Gasteiger partial charge in [0.15, 0.2) is 0 Å². The molecule has 0 bridgehead atoms. The summed E-state index contributed by atoms with van der Waals surface area (Å²) in [6.07, 6.45) is -3.05. The number of benzene rings is 1. The van der Waals surface area contributed by atoms with Crippen molar-refractivity contribution in [3.63, 3.8) is 0 Å². The summed E-state index contributed by atoms with van der Waals surface area (Å²) in [7, 11) is 0. The smallest absolute Gasteiger partial charge is 0.331 e. The molecule has 1 rings (SSSR count). The zero-order chi connectivity index (χ0) is 16.1. The molecule has 0 aliphatic carbocycles. The van der Waals surface area contributed by atoms with Crippen molar-refractivity contribution in [3.05, 3.63) is 29.8 Å². The number of halogens is 3. The maximum atomic E-state index is 12.4. The summed E-state index contributed by atoms with van der Waals surface area (Å²) < 4.78 is 37.3. The third-order valence-corrected chi connectivity index (χ3v) is 3.59. The summed E-state index contributed by atoms with van der Waals surface area (Å²) in [5, 5.41) is 5.28. The molecule has 0 heterocycles. The first kappa shape index (κ1) is 17.3. The van der Waals surface area contributed by atoms with Crippen LogP contribution in [0, 0.1) is 0 Å². The summed E-state index contributed by atoms with van der Waals surface area (Å²) in [5.74, 6) is 0. The first-order valence-electron chi connectivity index (χ1n) is 6.73. The van der Waals surface area contributed by atoms with Crippen molar-refractivity contribution >= 4 is 11.7 Å². The fourth-order valence-electron chi connectivity index (χ4n) is 1.91. The Morgan fingerprint density at radius 2 is 1.67 bits per heavy atom. The predicted octanol–water partition coefficient (Wildman–Crippen LogP) is 3.34. The van der Waals surface area contributed by atoms with Crippen LogP contribution in [0.25, 0.3) is 0 Å². The number of rotatable bonds is 5. The molecule has 21 heavy (non-hydrogen) atoms. The number of hydrogen-bond donors (Lipinski definition) is 3. The number of hydrogen-bond acceptors (Lipinski definition) is 2. The Kier molecular flexibility index (Phi) is 5.60. The fraction of sp³-hybridized carbons (Fsp3) is 0.500. The maximum absolute atomic E-state index is 12.4. The van der Waals surface area contributed by atoms with Crippen LogP contribution in [-0.4, -0.2) is 18.1 Å². The largest absolute Gasteiger partial charge is 0.416 e. The molecule has 0 aliphatic heterocycles. The molecule has 0 radical (unpaired) electrons. The maximum Gasteiger partial charge on any atom is 0.416 e. The minimum atomic E-state index is -4.39. The average molecular weight is 303 g/mol. The first-order chi connectivity index (χ1) is 9.76. The minimum Gasteiger partial charge on any atom is -0.331 e. The number of urea groups is 1. The van der Waals surface area contributed by atoms with Crippen LogP contribution in [0.2, 0.25) is 0 Å². The van der Waals surface area contributed by atoms with Crippen LogP contribution >= 0.6 is 0 Å². The van der Waals surface area contributed by atoms with Crippen molar-refractivity contribution in [1.82, 2.24) is 5.32 Å². The van der Waals surface area contributed by atoms with Gasteiger partial charge in [-0.25, -0.2) is 4.79 Å². The summed E-state index contributed by atoms with van der Waals surface area (Å²) in [4.78, 5) is 11.9. The Balaban J connectivity index is 2.71. The summed E-state index contributed by atoms with van der Waals surface area (Å²) in [6, 6.07) is 3.79. The Hall–Kier alpha value is -1.76. The van der Waals surface area contributed by atoms with Gasteiger partial charge in [0.05, 0.1) is 11.1 Å². The molecular formula is C14H20F3N3O. The lowest BCUT2D eigenvalue weighted by Gasteiger charge is -2.31. The van der Waals surface area contributed by atoms with E-state index >= 15 is 0 Å². The van der Waals surface area contributed by atoms with Gasteiger partial charge in [0.2, 0.25) is 0 Å². The van der Waals surface area contributed by atoms with E-state index in [4.69, 9.17) is 5.73 Å². The highest BCUT2D eigenvalue weighted by molar-refractivity contribution is 5.89. The van der Waals surface area contributed by atoms with Gasteiger partial charge in [-0.05, 0) is 37.1 Å². The normalized spacial score (nSPS) is 12.1. The molecule has 0 spiro atoms. The van der Waals surface area contributed by atoms with Crippen molar-refractivity contribution in [2.75, 3.05) is 11.9 Å². The van der Waals surface area contributed by atoms with Crippen LogP contribution in [0.1, 0.15) is 32.3 Å². The molecule has 4 nitrogen and oxygen atoms in total. The van der Waals surface area contributed by atoms with Gasteiger partial charge in [0, 0.05) is 12.2 Å². The highest BCUT2D eigenvalue weighted by Crippen LogP contribution is 2.29. The quantitative estimate of drug-likeness (QED) is 0.781. The lowest BCUT2D eigenvalue weighted by molar-refractivity contribution is -0.137. The number of carbonyl (C=O) groups excluding carboxylic acids is 1. The first-order valence-corrected chi connectivity index (χ1v) is 6.73. The Bertz CT molecular complexity index is 459. The summed E-state index contributed by atoms with van der Waals surface area (Å²) in [5.41, 5.74) is 4.70. The zero-order valence-electron chi connectivity index (χ0n) is 12.1. The lowest BCUT2D eigenvalue weighted by atomic mass is 9.93. The SMILES string of the molecule is CCC(CC)(CN)NC(=O)Nc1ccc(C(F)(F)F)cc1. The van der Waals surface area contributed by atoms with Gasteiger partial charge in [-0.1, -0.05) is 13.8 Å². The van der Waals surface area contributed by atoms with E-state index in [1.54, 1.807) is 0 Å². The van der Waals surface area contributed by atoms with E-state index in [1.165, 1.54) is 12.1 Å². The van der Waals surface area contributed by atoms with E-state index in [-0.39, 0.29) is 0 Å². The zero-order valence-corrected chi connectivity index (χ0v) is 12.1. The molecule has 7 heteroatoms. The van der Waals surface area contributed by atoms with Gasteiger partial charge in [-0.3, -0.25) is 0 Å². The molecule has 0 fully saturated rings. The molecule has 0 aromatic heterocycles. The summed E-state index contributed by atoms with van der Waals surface area (Å²) >= 11 is 0. The fourth-order valence-corrected chi connectivity index (χ4v) is 1.91. The van der Waals surface area contributed by atoms with Crippen LogP contribution in [0.5, 0.6) is 0 Å². The van der Waals surface area contributed by atoms with Crippen LogP contribution < -0.4 is 16.4 Å². The highest BCUT2D eigenvalue weighted by Gasteiger charge is 2.30. The molecular weight excluding hydrogens is 283 g/mol. The van der Waals surface area contributed by atoms with Gasteiger partial charge < -0.3 is 16.4 Å². The molecule has 2 amide bonds. The molecule has 0 unspecified atom stereocenters. The van der Waals surface area contributed by atoms with Gasteiger partial charge >= 0.3 is 12.2 Å². The summed E-state index contributed by atoms with van der Waals surface area (Å²) in [6.45, 7) is 4.12. The van der Waals surface area contributed by atoms with Gasteiger partial charge in [-0.2, -0.15) is 13.2 Å². The second-order valence-corrected chi connectivity index (χ2v) is 4.85. The molecule has 0 saturated heterocycles. The van der Waals surface area contributed by atoms with Crippen LogP contribution in [0.3, 0.4) is 0 Å². The van der Waals surface area contributed by atoms with Gasteiger partial charge in [0.25, 0.3) is 0 Å². The molecule has 1 aromatic rings. The Morgan fingerprint density at radius 3 is 2.05 bits per heavy atom. The van der Waals surface area contributed by atoms with Crippen molar-refractivity contribution in [2.24, 2.45) is 5.73 Å². The van der Waals surface area contributed by atoms with E-state index in [0.717, 1.165) is 12.1 Å². The molecule has 118 valence electrons. The minimum absolute atomic E-state index is 0.290. The van der Waals surface area contributed by atoms with Gasteiger partial charge in [-0.15, -0.1) is 0 Å². The Morgan fingerprint density at radius 1 is 1.14 bits per heavy atom. The molecule has 0 atom stereocenters.